The number of hydrogen-bond donors (Lipinski definition) is 0. The lowest BCUT2D eigenvalue weighted by atomic mass is 9.53. The fourth-order valence-corrected chi connectivity index (χ4v) is 4.96. The third-order valence-electron chi connectivity index (χ3n) is 6.93. The molecule has 1 saturated heterocycles. The average molecular weight is 330 g/mol. The minimum absolute atomic E-state index is 0.221. The molecule has 4 rings (SSSR count). The monoisotopic (exact) mass is 330 g/mol. The Kier molecular flexibility index (Phi) is 3.31. The smallest absolute Gasteiger partial charge is 0.334 e. The van der Waals surface area contributed by atoms with Crippen molar-refractivity contribution in [2.45, 2.75) is 71.7 Å². The van der Waals surface area contributed by atoms with E-state index >= 15 is 0 Å². The van der Waals surface area contributed by atoms with Crippen LogP contribution in [0.1, 0.15) is 63.5 Å². The van der Waals surface area contributed by atoms with Gasteiger partial charge < -0.3 is 13.9 Å². The molecule has 1 aromatic rings. The van der Waals surface area contributed by atoms with E-state index in [9.17, 15) is 4.79 Å². The minimum atomic E-state index is -0.317. The minimum Gasteiger partial charge on any atom is -0.469 e. The van der Waals surface area contributed by atoms with Gasteiger partial charge in [0.2, 0.25) is 0 Å². The molecule has 2 heterocycles. The molecule has 24 heavy (non-hydrogen) atoms. The van der Waals surface area contributed by atoms with Crippen molar-refractivity contribution in [1.82, 2.24) is 0 Å². The van der Waals surface area contributed by atoms with Crippen LogP contribution in [-0.4, -0.2) is 17.7 Å². The van der Waals surface area contributed by atoms with Gasteiger partial charge in [0.05, 0.1) is 12.4 Å². The standard InChI is InChI=1S/C20H26O4/c1-6-11(2)18(21)23-17-16-12(3)10-22-14(16)9-20-15(24-20)8-7-13(4)19(17,20)5/h6,10,13,15,17H,7-9H2,1-5H3/b11-6-/t13-,15?,17+,19-,20+/m0/s1. The van der Waals surface area contributed by atoms with Gasteiger partial charge in [-0.3, -0.25) is 0 Å². The summed E-state index contributed by atoms with van der Waals surface area (Å²) < 4.78 is 18.2. The summed E-state index contributed by atoms with van der Waals surface area (Å²) in [4.78, 5) is 12.6. The zero-order chi connectivity index (χ0) is 17.3. The van der Waals surface area contributed by atoms with Gasteiger partial charge in [-0.1, -0.05) is 19.9 Å². The summed E-state index contributed by atoms with van der Waals surface area (Å²) in [5.41, 5.74) is 2.30. The lowest BCUT2D eigenvalue weighted by Crippen LogP contribution is -2.54. The third-order valence-corrected chi connectivity index (χ3v) is 6.93. The first-order valence-corrected chi connectivity index (χ1v) is 8.93. The van der Waals surface area contributed by atoms with Crippen LogP contribution in [0.5, 0.6) is 0 Å². The number of furan rings is 1. The van der Waals surface area contributed by atoms with Crippen LogP contribution in [-0.2, 0) is 20.7 Å². The summed E-state index contributed by atoms with van der Waals surface area (Å²) in [5, 5.41) is 0. The molecule has 0 radical (unpaired) electrons. The van der Waals surface area contributed by atoms with Gasteiger partial charge in [-0.25, -0.2) is 4.79 Å². The Morgan fingerprint density at radius 1 is 1.42 bits per heavy atom. The molecule has 0 bridgehead atoms. The molecule has 0 aromatic carbocycles. The largest absolute Gasteiger partial charge is 0.469 e. The summed E-state index contributed by atoms with van der Waals surface area (Å²) in [6.45, 7) is 10.2. The molecule has 130 valence electrons. The lowest BCUT2D eigenvalue weighted by Gasteiger charge is -2.50. The van der Waals surface area contributed by atoms with E-state index in [1.165, 1.54) is 0 Å². The number of hydrogen-bond acceptors (Lipinski definition) is 4. The molecule has 3 aliphatic rings. The molecular weight excluding hydrogens is 304 g/mol. The van der Waals surface area contributed by atoms with Crippen LogP contribution in [0, 0.1) is 18.3 Å². The van der Waals surface area contributed by atoms with E-state index in [0.29, 0.717) is 11.5 Å². The molecule has 1 spiro atoms. The Morgan fingerprint density at radius 2 is 2.17 bits per heavy atom. The third kappa shape index (κ3) is 1.81. The van der Waals surface area contributed by atoms with Crippen LogP contribution in [0.2, 0.25) is 0 Å². The van der Waals surface area contributed by atoms with Crippen LogP contribution in [0.4, 0.5) is 0 Å². The van der Waals surface area contributed by atoms with E-state index in [-0.39, 0.29) is 29.2 Å². The zero-order valence-corrected chi connectivity index (χ0v) is 15.1. The van der Waals surface area contributed by atoms with E-state index in [2.05, 4.69) is 13.8 Å². The Morgan fingerprint density at radius 3 is 2.88 bits per heavy atom. The number of ether oxygens (including phenoxy) is 2. The molecule has 1 aromatic heterocycles. The van der Waals surface area contributed by atoms with Crippen LogP contribution >= 0.6 is 0 Å². The maximum atomic E-state index is 12.6. The Balaban J connectivity index is 1.83. The molecule has 0 N–H and O–H groups in total. The van der Waals surface area contributed by atoms with Gasteiger partial charge in [-0.15, -0.1) is 0 Å². The van der Waals surface area contributed by atoms with Crippen molar-refractivity contribution in [3.63, 3.8) is 0 Å². The average Bonchev–Trinajstić information content (AvgIpc) is 3.17. The molecular formula is C20H26O4. The highest BCUT2D eigenvalue weighted by molar-refractivity contribution is 5.88. The van der Waals surface area contributed by atoms with Gasteiger partial charge in [-0.2, -0.15) is 0 Å². The van der Waals surface area contributed by atoms with E-state index in [4.69, 9.17) is 13.9 Å². The number of rotatable bonds is 2. The van der Waals surface area contributed by atoms with Gasteiger partial charge >= 0.3 is 5.97 Å². The van der Waals surface area contributed by atoms with E-state index < -0.39 is 0 Å². The second-order valence-electron chi connectivity index (χ2n) is 7.95. The van der Waals surface area contributed by atoms with Crippen LogP contribution in [0.25, 0.3) is 0 Å². The quantitative estimate of drug-likeness (QED) is 0.462. The summed E-state index contributed by atoms with van der Waals surface area (Å²) in [6, 6.07) is 0. The van der Waals surface area contributed by atoms with Gasteiger partial charge in [0.25, 0.3) is 0 Å². The van der Waals surface area contributed by atoms with Crippen molar-refractivity contribution in [2.75, 3.05) is 0 Å². The number of epoxide rings is 1. The number of carbonyl (C=O) groups is 1. The zero-order valence-electron chi connectivity index (χ0n) is 15.1. The second-order valence-corrected chi connectivity index (χ2v) is 7.95. The summed E-state index contributed by atoms with van der Waals surface area (Å²) in [7, 11) is 0. The Labute approximate surface area is 143 Å². The topological polar surface area (TPSA) is 52.0 Å². The summed E-state index contributed by atoms with van der Waals surface area (Å²) in [5.74, 6) is 1.10. The highest BCUT2D eigenvalue weighted by Gasteiger charge is 2.75. The van der Waals surface area contributed by atoms with Crippen molar-refractivity contribution in [1.29, 1.82) is 0 Å². The molecule has 2 aliphatic carbocycles. The van der Waals surface area contributed by atoms with Gasteiger partial charge in [0, 0.05) is 23.0 Å². The Hall–Kier alpha value is -1.55. The fourth-order valence-electron chi connectivity index (χ4n) is 4.96. The maximum absolute atomic E-state index is 12.6. The summed E-state index contributed by atoms with van der Waals surface area (Å²) in [6.07, 6.45) is 6.51. The van der Waals surface area contributed by atoms with Gasteiger partial charge in [0.1, 0.15) is 17.5 Å². The first kappa shape index (κ1) is 15.9. The predicted octanol–water partition coefficient (Wildman–Crippen LogP) is 4.27. The molecule has 5 atom stereocenters. The normalized spacial score (nSPS) is 40.4. The predicted molar refractivity (Wildman–Crippen MR) is 89.5 cm³/mol. The number of allylic oxidation sites excluding steroid dienone is 1. The van der Waals surface area contributed by atoms with Crippen molar-refractivity contribution < 1.29 is 18.7 Å². The number of fused-ring (bicyclic) bond motifs is 1. The Bertz CT molecular complexity index is 730. The fraction of sp³-hybridized carbons (Fsp3) is 0.650. The highest BCUT2D eigenvalue weighted by atomic mass is 16.6. The van der Waals surface area contributed by atoms with Crippen molar-refractivity contribution in [3.8, 4) is 0 Å². The van der Waals surface area contributed by atoms with E-state index in [1.54, 1.807) is 19.3 Å². The molecule has 4 nitrogen and oxygen atoms in total. The summed E-state index contributed by atoms with van der Waals surface area (Å²) >= 11 is 0. The molecule has 1 saturated carbocycles. The van der Waals surface area contributed by atoms with Gasteiger partial charge in [0.15, 0.2) is 0 Å². The number of esters is 1. The van der Waals surface area contributed by atoms with E-state index in [1.807, 2.05) is 13.8 Å². The van der Waals surface area contributed by atoms with Crippen LogP contribution < -0.4 is 0 Å². The van der Waals surface area contributed by atoms with E-state index in [0.717, 1.165) is 36.1 Å². The van der Waals surface area contributed by atoms with Crippen LogP contribution in [0.3, 0.4) is 0 Å². The molecule has 1 unspecified atom stereocenters. The van der Waals surface area contributed by atoms with Gasteiger partial charge in [-0.05, 0) is 45.1 Å². The number of carbonyl (C=O) groups excluding carboxylic acids is 1. The second kappa shape index (κ2) is 4.98. The van der Waals surface area contributed by atoms with Crippen molar-refractivity contribution in [2.24, 2.45) is 11.3 Å². The van der Waals surface area contributed by atoms with Crippen molar-refractivity contribution in [3.05, 3.63) is 34.8 Å². The first-order chi connectivity index (χ1) is 11.3. The van der Waals surface area contributed by atoms with Crippen LogP contribution in [0.15, 0.2) is 22.3 Å². The lowest BCUT2D eigenvalue weighted by molar-refractivity contribution is -0.164. The maximum Gasteiger partial charge on any atom is 0.334 e. The first-order valence-electron chi connectivity index (χ1n) is 8.93. The highest BCUT2D eigenvalue weighted by Crippen LogP contribution is 2.69. The molecule has 4 heteroatoms. The molecule has 1 aliphatic heterocycles. The SMILES string of the molecule is C/C=C(/C)C(=O)O[C@@H]1c2c(C)coc2C[C@@]23OC2CC[C@H](C)[C@@]13C. The molecule has 0 amide bonds. The van der Waals surface area contributed by atoms with Crippen molar-refractivity contribution >= 4 is 5.97 Å². The number of aryl methyl sites for hydroxylation is 1. The molecule has 2 fully saturated rings.